The summed E-state index contributed by atoms with van der Waals surface area (Å²) < 4.78 is 0. The second kappa shape index (κ2) is 6.85. The van der Waals surface area contributed by atoms with Crippen LogP contribution in [0, 0.1) is 0 Å². The summed E-state index contributed by atoms with van der Waals surface area (Å²) in [5.41, 5.74) is 0.0239. The second-order valence-electron chi connectivity index (χ2n) is 6.12. The normalized spacial score (nSPS) is 21.3. The smallest absolute Gasteiger partial charge is 0.354 e. The Balaban J connectivity index is 1.61. The Hall–Kier alpha value is -2.31. The number of nitrogens with one attached hydrogen (secondary N) is 1. The van der Waals surface area contributed by atoms with Crippen LogP contribution in [0.15, 0.2) is 18.2 Å². The molecule has 1 aromatic heterocycles. The molecule has 0 radical (unpaired) electrons. The summed E-state index contributed by atoms with van der Waals surface area (Å²) in [6, 6.07) is 5.13. The number of carboxylic acid groups (broad SMARTS) is 1. The van der Waals surface area contributed by atoms with Crippen molar-refractivity contribution in [3.05, 3.63) is 23.9 Å². The van der Waals surface area contributed by atoms with Gasteiger partial charge in [-0.3, -0.25) is 0 Å². The van der Waals surface area contributed by atoms with Crippen molar-refractivity contribution in [2.75, 3.05) is 31.5 Å². The molecule has 1 unspecified atom stereocenters. The molecule has 7 heteroatoms. The fraction of sp³-hybridized carbons (Fsp3) is 0.562. The Labute approximate surface area is 135 Å². The van der Waals surface area contributed by atoms with Crippen LogP contribution in [0.1, 0.15) is 36.2 Å². The van der Waals surface area contributed by atoms with E-state index < -0.39 is 5.97 Å². The van der Waals surface area contributed by atoms with E-state index in [1.807, 2.05) is 9.80 Å². The molecular weight excluding hydrogens is 296 g/mol. The lowest BCUT2D eigenvalue weighted by atomic mass is 10.1. The van der Waals surface area contributed by atoms with Gasteiger partial charge >= 0.3 is 12.0 Å². The van der Waals surface area contributed by atoms with Crippen LogP contribution in [0.25, 0.3) is 0 Å². The predicted octanol–water partition coefficient (Wildman–Crippen LogP) is 1.87. The molecule has 23 heavy (non-hydrogen) atoms. The SMILES string of the molecule is O=C(O)c1cccc(NC2CCCN(C(=O)N3CCCC3)C2)n1. The number of anilines is 1. The molecule has 7 nitrogen and oxygen atoms in total. The van der Waals surface area contributed by atoms with Crippen LogP contribution >= 0.6 is 0 Å². The lowest BCUT2D eigenvalue weighted by Crippen LogP contribution is -2.49. The fourth-order valence-corrected chi connectivity index (χ4v) is 3.22. The van der Waals surface area contributed by atoms with Crippen molar-refractivity contribution in [1.29, 1.82) is 0 Å². The first-order chi connectivity index (χ1) is 11.1. The van der Waals surface area contributed by atoms with E-state index in [1.165, 1.54) is 6.07 Å². The summed E-state index contributed by atoms with van der Waals surface area (Å²) in [5, 5.41) is 12.3. The number of pyridine rings is 1. The van der Waals surface area contributed by atoms with Crippen LogP contribution < -0.4 is 5.32 Å². The average Bonchev–Trinajstić information content (AvgIpc) is 3.09. The van der Waals surface area contributed by atoms with Gasteiger partial charge in [-0.25, -0.2) is 14.6 Å². The highest BCUT2D eigenvalue weighted by atomic mass is 16.4. The average molecular weight is 318 g/mol. The highest BCUT2D eigenvalue weighted by Crippen LogP contribution is 2.18. The summed E-state index contributed by atoms with van der Waals surface area (Å²) in [6.07, 6.45) is 4.07. The van der Waals surface area contributed by atoms with Crippen LogP contribution in [0.3, 0.4) is 0 Å². The van der Waals surface area contributed by atoms with Gasteiger partial charge in [0.25, 0.3) is 0 Å². The molecule has 0 spiro atoms. The van der Waals surface area contributed by atoms with Crippen molar-refractivity contribution < 1.29 is 14.7 Å². The van der Waals surface area contributed by atoms with Gasteiger partial charge in [-0.2, -0.15) is 0 Å². The lowest BCUT2D eigenvalue weighted by Gasteiger charge is -2.35. The quantitative estimate of drug-likeness (QED) is 0.888. The molecule has 0 saturated carbocycles. The lowest BCUT2D eigenvalue weighted by molar-refractivity contribution is 0.0690. The molecule has 2 saturated heterocycles. The van der Waals surface area contributed by atoms with E-state index in [0.29, 0.717) is 12.4 Å². The number of urea groups is 1. The number of hydrogen-bond acceptors (Lipinski definition) is 4. The van der Waals surface area contributed by atoms with Crippen LogP contribution in [-0.2, 0) is 0 Å². The number of carbonyl (C=O) groups is 2. The summed E-state index contributed by atoms with van der Waals surface area (Å²) >= 11 is 0. The Morgan fingerprint density at radius 3 is 2.61 bits per heavy atom. The van der Waals surface area contributed by atoms with Gasteiger partial charge in [0.15, 0.2) is 5.69 Å². The Morgan fingerprint density at radius 1 is 1.13 bits per heavy atom. The molecule has 124 valence electrons. The number of carbonyl (C=O) groups excluding carboxylic acids is 1. The minimum atomic E-state index is -1.04. The molecule has 2 amide bonds. The van der Waals surface area contributed by atoms with Crippen LogP contribution in [0.4, 0.5) is 10.6 Å². The van der Waals surface area contributed by atoms with Gasteiger partial charge in [0.1, 0.15) is 5.82 Å². The predicted molar refractivity (Wildman–Crippen MR) is 85.6 cm³/mol. The summed E-state index contributed by atoms with van der Waals surface area (Å²) in [6.45, 7) is 3.13. The van der Waals surface area contributed by atoms with E-state index in [9.17, 15) is 9.59 Å². The van der Waals surface area contributed by atoms with Crippen LogP contribution in [0.5, 0.6) is 0 Å². The first-order valence-electron chi connectivity index (χ1n) is 8.14. The summed E-state index contributed by atoms with van der Waals surface area (Å²) in [4.78, 5) is 31.4. The minimum Gasteiger partial charge on any atom is -0.477 e. The fourth-order valence-electron chi connectivity index (χ4n) is 3.22. The molecule has 3 heterocycles. The number of piperidine rings is 1. The third-order valence-corrected chi connectivity index (χ3v) is 4.39. The first kappa shape index (κ1) is 15.6. The van der Waals surface area contributed by atoms with Crippen molar-refractivity contribution in [2.45, 2.75) is 31.7 Å². The van der Waals surface area contributed by atoms with Gasteiger partial charge in [-0.05, 0) is 37.8 Å². The van der Waals surface area contributed by atoms with Gasteiger partial charge in [-0.15, -0.1) is 0 Å². The van der Waals surface area contributed by atoms with Crippen molar-refractivity contribution in [1.82, 2.24) is 14.8 Å². The van der Waals surface area contributed by atoms with Gasteiger partial charge in [0.2, 0.25) is 0 Å². The molecule has 0 bridgehead atoms. The van der Waals surface area contributed by atoms with Crippen LogP contribution in [0.2, 0.25) is 0 Å². The standard InChI is InChI=1S/C16H22N4O3/c21-15(22)13-6-3-7-14(18-13)17-12-5-4-10-20(11-12)16(23)19-8-1-2-9-19/h3,6-7,12H,1-2,4-5,8-11H2,(H,17,18)(H,21,22). The number of likely N-dealkylation sites (tertiary alicyclic amines) is 2. The zero-order valence-corrected chi connectivity index (χ0v) is 13.1. The molecule has 2 aliphatic heterocycles. The molecule has 2 N–H and O–H groups in total. The number of carboxylic acids is 1. The molecule has 1 atom stereocenters. The van der Waals surface area contributed by atoms with Crippen molar-refractivity contribution >= 4 is 17.8 Å². The third kappa shape index (κ3) is 3.72. The van der Waals surface area contributed by atoms with Crippen molar-refractivity contribution in [2.24, 2.45) is 0 Å². The zero-order valence-electron chi connectivity index (χ0n) is 13.1. The maximum atomic E-state index is 12.5. The topological polar surface area (TPSA) is 85.8 Å². The van der Waals surface area contributed by atoms with Gasteiger partial charge < -0.3 is 20.2 Å². The number of aromatic nitrogens is 1. The van der Waals surface area contributed by atoms with E-state index >= 15 is 0 Å². The number of hydrogen-bond donors (Lipinski definition) is 2. The Kier molecular flexibility index (Phi) is 4.64. The molecule has 0 aromatic carbocycles. The molecule has 1 aromatic rings. The maximum absolute atomic E-state index is 12.5. The summed E-state index contributed by atoms with van der Waals surface area (Å²) in [7, 11) is 0. The number of aromatic carboxylic acids is 1. The molecular formula is C16H22N4O3. The third-order valence-electron chi connectivity index (χ3n) is 4.39. The van der Waals surface area contributed by atoms with Gasteiger partial charge in [0.05, 0.1) is 0 Å². The van der Waals surface area contributed by atoms with E-state index in [4.69, 9.17) is 5.11 Å². The Bertz CT molecular complexity index is 586. The summed E-state index contributed by atoms with van der Waals surface area (Å²) in [5.74, 6) is -0.492. The monoisotopic (exact) mass is 318 g/mol. The van der Waals surface area contributed by atoms with Gasteiger partial charge in [-0.1, -0.05) is 6.07 Å². The first-order valence-corrected chi connectivity index (χ1v) is 8.14. The second-order valence-corrected chi connectivity index (χ2v) is 6.12. The molecule has 2 fully saturated rings. The molecule has 2 aliphatic rings. The molecule has 0 aliphatic carbocycles. The van der Waals surface area contributed by atoms with E-state index in [1.54, 1.807) is 12.1 Å². The number of rotatable bonds is 3. The highest BCUT2D eigenvalue weighted by molar-refractivity contribution is 5.85. The van der Waals surface area contributed by atoms with E-state index in [0.717, 1.165) is 45.3 Å². The van der Waals surface area contributed by atoms with E-state index in [-0.39, 0.29) is 17.8 Å². The van der Waals surface area contributed by atoms with Gasteiger partial charge in [0, 0.05) is 32.2 Å². The maximum Gasteiger partial charge on any atom is 0.354 e. The highest BCUT2D eigenvalue weighted by Gasteiger charge is 2.28. The molecule has 3 rings (SSSR count). The zero-order chi connectivity index (χ0) is 16.2. The minimum absolute atomic E-state index is 0.0239. The number of nitrogens with zero attached hydrogens (tertiary/aromatic N) is 3. The van der Waals surface area contributed by atoms with Crippen molar-refractivity contribution in [3.63, 3.8) is 0 Å². The van der Waals surface area contributed by atoms with Crippen LogP contribution in [-0.4, -0.2) is 64.1 Å². The number of amides is 2. The van der Waals surface area contributed by atoms with E-state index in [2.05, 4.69) is 10.3 Å². The largest absolute Gasteiger partial charge is 0.477 e. The Morgan fingerprint density at radius 2 is 1.87 bits per heavy atom. The van der Waals surface area contributed by atoms with Crippen molar-refractivity contribution in [3.8, 4) is 0 Å².